The molecule has 0 unspecified atom stereocenters. The fourth-order valence-electron chi connectivity index (χ4n) is 2.18. The fraction of sp³-hybridized carbons (Fsp3) is 0.833. The Morgan fingerprint density at radius 3 is 2.58 bits per heavy atom. The Kier molecular flexibility index (Phi) is 6.20. The molecule has 0 radical (unpaired) electrons. The van der Waals surface area contributed by atoms with Crippen LogP contribution in [0.1, 0.15) is 19.3 Å². The minimum absolute atomic E-state index is 0.0745. The van der Waals surface area contributed by atoms with Crippen molar-refractivity contribution in [3.8, 4) is 0 Å². The van der Waals surface area contributed by atoms with Crippen molar-refractivity contribution in [2.75, 3.05) is 27.2 Å². The molecule has 1 amide bonds. The summed E-state index contributed by atoms with van der Waals surface area (Å²) in [5.74, 6) is -1.05. The topological polar surface area (TPSA) is 99.1 Å². The predicted molar refractivity (Wildman–Crippen MR) is 67.7 cm³/mol. The molecule has 0 spiro atoms. The lowest BCUT2D eigenvalue weighted by molar-refractivity contribution is -0.147. The van der Waals surface area contributed by atoms with E-state index in [4.69, 9.17) is 9.84 Å². The molecular weight excluding hydrogens is 252 g/mol. The molecule has 0 aromatic carbocycles. The molecule has 1 fully saturated rings. The van der Waals surface area contributed by atoms with Gasteiger partial charge in [0.15, 0.2) is 0 Å². The van der Waals surface area contributed by atoms with Crippen molar-refractivity contribution in [2.45, 2.75) is 37.5 Å². The number of carboxylic acid groups (broad SMARTS) is 1. The molecule has 0 aliphatic carbocycles. The Hall–Kier alpha value is -1.18. The van der Waals surface area contributed by atoms with Crippen LogP contribution in [0.2, 0.25) is 0 Å². The van der Waals surface area contributed by atoms with Crippen molar-refractivity contribution in [1.29, 1.82) is 0 Å². The number of nitrogens with zero attached hydrogens (tertiary/aromatic N) is 1. The summed E-state index contributed by atoms with van der Waals surface area (Å²) in [6.07, 6.45) is 0.174. The van der Waals surface area contributed by atoms with Crippen molar-refractivity contribution >= 4 is 11.9 Å². The van der Waals surface area contributed by atoms with Gasteiger partial charge in [-0.2, -0.15) is 0 Å². The van der Waals surface area contributed by atoms with Crippen LogP contribution in [0.3, 0.4) is 0 Å². The summed E-state index contributed by atoms with van der Waals surface area (Å²) in [6, 6.07) is -0.262. The van der Waals surface area contributed by atoms with Gasteiger partial charge in [0, 0.05) is 0 Å². The number of aliphatic hydroxyl groups is 1. The molecule has 0 aromatic rings. The molecule has 0 bridgehead atoms. The lowest BCUT2D eigenvalue weighted by Crippen LogP contribution is -2.52. The first-order valence-corrected chi connectivity index (χ1v) is 6.34. The standard InChI is InChI=1S/C12H22N2O5/c1-14(2)6-11(16)13-9-4-3-8(5-12(17)18)19-10(9)7-15/h8-10,15H,3-7H2,1-2H3,(H,13,16)(H,17,18)/t8-,9+,10-/m0/s1. The molecule has 7 heteroatoms. The molecule has 1 saturated heterocycles. The smallest absolute Gasteiger partial charge is 0.305 e. The van der Waals surface area contributed by atoms with Crippen molar-refractivity contribution in [1.82, 2.24) is 10.2 Å². The molecule has 7 nitrogen and oxygen atoms in total. The minimum Gasteiger partial charge on any atom is -0.481 e. The molecule has 1 aliphatic heterocycles. The number of aliphatic hydroxyl groups excluding tert-OH is 1. The molecule has 0 aromatic heterocycles. The second-order valence-electron chi connectivity index (χ2n) is 5.07. The number of rotatable bonds is 6. The number of nitrogens with one attached hydrogen (secondary N) is 1. The van der Waals surface area contributed by atoms with Gasteiger partial charge < -0.3 is 25.2 Å². The van der Waals surface area contributed by atoms with E-state index in [1.165, 1.54) is 0 Å². The SMILES string of the molecule is CN(C)CC(=O)N[C@@H]1CC[C@@H](CC(=O)O)O[C@H]1CO. The maximum Gasteiger partial charge on any atom is 0.305 e. The van der Waals surface area contributed by atoms with Gasteiger partial charge in [-0.1, -0.05) is 0 Å². The number of hydrogen-bond acceptors (Lipinski definition) is 5. The van der Waals surface area contributed by atoms with Crippen LogP contribution in [-0.2, 0) is 14.3 Å². The van der Waals surface area contributed by atoms with Crippen molar-refractivity contribution in [3.63, 3.8) is 0 Å². The molecule has 19 heavy (non-hydrogen) atoms. The van der Waals surface area contributed by atoms with E-state index in [1.807, 2.05) is 0 Å². The first-order chi connectivity index (χ1) is 8.92. The van der Waals surface area contributed by atoms with Crippen LogP contribution >= 0.6 is 0 Å². The average molecular weight is 274 g/mol. The lowest BCUT2D eigenvalue weighted by atomic mass is 9.97. The van der Waals surface area contributed by atoms with Gasteiger partial charge in [-0.15, -0.1) is 0 Å². The minimum atomic E-state index is -0.920. The van der Waals surface area contributed by atoms with Crippen molar-refractivity contribution < 1.29 is 24.5 Å². The van der Waals surface area contributed by atoms with Gasteiger partial charge in [0.05, 0.1) is 31.7 Å². The van der Waals surface area contributed by atoms with E-state index in [2.05, 4.69) is 5.32 Å². The number of likely N-dealkylation sites (N-methyl/N-ethyl adjacent to an activating group) is 1. The Labute approximate surface area is 112 Å². The first kappa shape index (κ1) is 15.9. The number of ether oxygens (including phenoxy) is 1. The molecule has 3 N–H and O–H groups in total. The second kappa shape index (κ2) is 7.42. The largest absolute Gasteiger partial charge is 0.481 e. The van der Waals surface area contributed by atoms with Crippen LogP contribution in [-0.4, -0.2) is 72.5 Å². The van der Waals surface area contributed by atoms with E-state index in [0.29, 0.717) is 12.8 Å². The van der Waals surface area contributed by atoms with Gasteiger partial charge in [-0.05, 0) is 26.9 Å². The van der Waals surface area contributed by atoms with Gasteiger partial charge in [-0.3, -0.25) is 9.59 Å². The van der Waals surface area contributed by atoms with E-state index in [9.17, 15) is 14.7 Å². The number of carbonyl (C=O) groups excluding carboxylic acids is 1. The number of carboxylic acids is 1. The van der Waals surface area contributed by atoms with Crippen LogP contribution in [0, 0.1) is 0 Å². The normalized spacial score (nSPS) is 27.3. The summed E-state index contributed by atoms with van der Waals surface area (Å²) in [5.41, 5.74) is 0. The second-order valence-corrected chi connectivity index (χ2v) is 5.07. The molecule has 0 saturated carbocycles. The zero-order chi connectivity index (χ0) is 14.4. The third-order valence-corrected chi connectivity index (χ3v) is 3.00. The van der Waals surface area contributed by atoms with Gasteiger partial charge in [0.2, 0.25) is 5.91 Å². The fourth-order valence-corrected chi connectivity index (χ4v) is 2.18. The lowest BCUT2D eigenvalue weighted by Gasteiger charge is -2.35. The summed E-state index contributed by atoms with van der Waals surface area (Å²) in [7, 11) is 3.59. The van der Waals surface area contributed by atoms with Crippen molar-refractivity contribution in [2.24, 2.45) is 0 Å². The van der Waals surface area contributed by atoms with E-state index in [1.54, 1.807) is 19.0 Å². The number of amides is 1. The summed E-state index contributed by atoms with van der Waals surface area (Å²) in [4.78, 5) is 24.0. The summed E-state index contributed by atoms with van der Waals surface area (Å²) in [5, 5.41) is 20.8. The Morgan fingerprint density at radius 1 is 1.37 bits per heavy atom. The number of aliphatic carboxylic acids is 1. The highest BCUT2D eigenvalue weighted by Gasteiger charge is 2.32. The Bertz CT molecular complexity index is 321. The predicted octanol–water partition coefficient (Wildman–Crippen LogP) is -0.953. The van der Waals surface area contributed by atoms with Gasteiger partial charge >= 0.3 is 5.97 Å². The first-order valence-electron chi connectivity index (χ1n) is 6.34. The molecule has 3 atom stereocenters. The van der Waals surface area contributed by atoms with E-state index >= 15 is 0 Å². The van der Waals surface area contributed by atoms with Gasteiger partial charge in [0.1, 0.15) is 6.10 Å². The molecular formula is C12H22N2O5. The van der Waals surface area contributed by atoms with E-state index in [0.717, 1.165) is 0 Å². The van der Waals surface area contributed by atoms with Crippen molar-refractivity contribution in [3.05, 3.63) is 0 Å². The third-order valence-electron chi connectivity index (χ3n) is 3.00. The quantitative estimate of drug-likeness (QED) is 0.577. The van der Waals surface area contributed by atoms with Gasteiger partial charge in [0.25, 0.3) is 0 Å². The van der Waals surface area contributed by atoms with Crippen LogP contribution in [0.5, 0.6) is 0 Å². The Balaban J connectivity index is 2.47. The summed E-state index contributed by atoms with van der Waals surface area (Å²) < 4.78 is 5.51. The van der Waals surface area contributed by atoms with Crippen LogP contribution < -0.4 is 5.32 Å². The average Bonchev–Trinajstić information content (AvgIpc) is 2.29. The zero-order valence-corrected chi connectivity index (χ0v) is 11.3. The zero-order valence-electron chi connectivity index (χ0n) is 11.3. The molecule has 1 heterocycles. The summed E-state index contributed by atoms with van der Waals surface area (Å²) >= 11 is 0. The van der Waals surface area contributed by atoms with E-state index < -0.39 is 18.2 Å². The van der Waals surface area contributed by atoms with E-state index in [-0.39, 0.29) is 31.5 Å². The maximum absolute atomic E-state index is 11.7. The highest BCUT2D eigenvalue weighted by atomic mass is 16.5. The molecule has 1 aliphatic rings. The molecule has 110 valence electrons. The summed E-state index contributed by atoms with van der Waals surface area (Å²) in [6.45, 7) is 0.0379. The highest BCUT2D eigenvalue weighted by Crippen LogP contribution is 2.21. The third kappa shape index (κ3) is 5.54. The number of hydrogen-bond donors (Lipinski definition) is 3. The number of carbonyl (C=O) groups is 2. The van der Waals surface area contributed by atoms with Gasteiger partial charge in [-0.25, -0.2) is 0 Å². The monoisotopic (exact) mass is 274 g/mol. The van der Waals surface area contributed by atoms with Crippen LogP contribution in [0.15, 0.2) is 0 Å². The highest BCUT2D eigenvalue weighted by molar-refractivity contribution is 5.78. The Morgan fingerprint density at radius 2 is 2.05 bits per heavy atom. The maximum atomic E-state index is 11.7. The molecule has 1 rings (SSSR count). The van der Waals surface area contributed by atoms with Crippen LogP contribution in [0.25, 0.3) is 0 Å². The van der Waals surface area contributed by atoms with Crippen LogP contribution in [0.4, 0.5) is 0 Å².